The van der Waals surface area contributed by atoms with E-state index >= 15 is 0 Å². The Balaban J connectivity index is 2.37. The summed E-state index contributed by atoms with van der Waals surface area (Å²) in [6, 6.07) is 3.87. The number of nitrogen functional groups attached to an aromatic ring is 1. The fourth-order valence-electron chi connectivity index (χ4n) is 3.09. The van der Waals surface area contributed by atoms with Crippen LogP contribution in [0.1, 0.15) is 57.7 Å². The maximum absolute atomic E-state index is 6.51. The first-order valence-electron chi connectivity index (χ1n) is 8.71. The lowest BCUT2D eigenvalue weighted by Crippen LogP contribution is -2.05. The van der Waals surface area contributed by atoms with E-state index in [4.69, 9.17) is 15.5 Å². The molecule has 0 spiro atoms. The molecule has 0 unspecified atom stereocenters. The van der Waals surface area contributed by atoms with Crippen molar-refractivity contribution >= 4 is 16.7 Å². The Morgan fingerprint density at radius 3 is 2.56 bits per heavy atom. The predicted molar refractivity (Wildman–Crippen MR) is 101 cm³/mol. The summed E-state index contributed by atoms with van der Waals surface area (Å²) in [6.07, 6.45) is 1.73. The molecule has 0 radical (unpaired) electrons. The fraction of sp³-hybridized carbons (Fsp3) is 0.421. The van der Waals surface area contributed by atoms with Gasteiger partial charge in [-0.25, -0.2) is 9.97 Å². The smallest absolute Gasteiger partial charge is 0.222 e. The van der Waals surface area contributed by atoms with Crippen LogP contribution in [0.3, 0.4) is 0 Å². The first-order chi connectivity index (χ1) is 12.0. The largest absolute Gasteiger partial charge is 0.477 e. The highest BCUT2D eigenvalue weighted by atomic mass is 16.5. The van der Waals surface area contributed by atoms with Crippen LogP contribution in [-0.2, 0) is 0 Å². The van der Waals surface area contributed by atoms with Gasteiger partial charge in [-0.15, -0.1) is 0 Å². The zero-order chi connectivity index (χ0) is 18.1. The van der Waals surface area contributed by atoms with Crippen LogP contribution in [0, 0.1) is 0 Å². The summed E-state index contributed by atoms with van der Waals surface area (Å²) in [6.45, 7) is 10.9. The predicted octanol–water partition coefficient (Wildman–Crippen LogP) is 4.25. The van der Waals surface area contributed by atoms with E-state index in [1.807, 2.05) is 19.1 Å². The molecule has 6 heteroatoms. The molecular weight excluding hydrogens is 314 g/mol. The zero-order valence-electron chi connectivity index (χ0n) is 15.4. The molecule has 3 rings (SSSR count). The number of fused-ring (bicyclic) bond motifs is 1. The average molecular weight is 339 g/mol. The molecule has 0 amide bonds. The summed E-state index contributed by atoms with van der Waals surface area (Å²) < 4.78 is 5.72. The van der Waals surface area contributed by atoms with Crippen molar-refractivity contribution in [1.29, 1.82) is 0 Å². The summed E-state index contributed by atoms with van der Waals surface area (Å²) in [5.74, 6) is 1.04. The lowest BCUT2D eigenvalue weighted by atomic mass is 9.94. The Bertz CT molecular complexity index is 898. The molecule has 0 saturated heterocycles. The van der Waals surface area contributed by atoms with Crippen molar-refractivity contribution < 1.29 is 4.74 Å². The second kappa shape index (κ2) is 6.70. The van der Waals surface area contributed by atoms with Gasteiger partial charge >= 0.3 is 0 Å². The molecule has 25 heavy (non-hydrogen) atoms. The van der Waals surface area contributed by atoms with Crippen molar-refractivity contribution in [3.8, 4) is 17.1 Å². The molecule has 0 aliphatic heterocycles. The van der Waals surface area contributed by atoms with Crippen LogP contribution in [0.25, 0.3) is 22.3 Å². The molecule has 0 saturated carbocycles. The number of H-pyrrole nitrogens is 1. The summed E-state index contributed by atoms with van der Waals surface area (Å²) in [5, 5.41) is 7.52. The van der Waals surface area contributed by atoms with E-state index in [-0.39, 0.29) is 11.8 Å². The Morgan fingerprint density at radius 1 is 1.16 bits per heavy atom. The number of aromatic nitrogens is 4. The van der Waals surface area contributed by atoms with Crippen LogP contribution in [0.5, 0.6) is 5.88 Å². The van der Waals surface area contributed by atoms with Gasteiger partial charge in [0.1, 0.15) is 11.0 Å². The summed E-state index contributed by atoms with van der Waals surface area (Å²) in [7, 11) is 0. The van der Waals surface area contributed by atoms with E-state index in [2.05, 4.69) is 42.9 Å². The number of pyridine rings is 2. The minimum absolute atomic E-state index is 0.195. The van der Waals surface area contributed by atoms with Crippen LogP contribution in [0.15, 0.2) is 18.3 Å². The molecule has 0 bridgehead atoms. The summed E-state index contributed by atoms with van der Waals surface area (Å²) >= 11 is 0. The van der Waals surface area contributed by atoms with E-state index in [0.717, 1.165) is 33.5 Å². The molecule has 3 aromatic heterocycles. The molecule has 0 aliphatic rings. The molecule has 132 valence electrons. The molecular formula is C19H25N5O. The fourth-order valence-corrected chi connectivity index (χ4v) is 3.09. The second-order valence-electron chi connectivity index (χ2n) is 6.72. The quantitative estimate of drug-likeness (QED) is 0.725. The highest BCUT2D eigenvalue weighted by Gasteiger charge is 2.23. The molecule has 3 heterocycles. The minimum atomic E-state index is 0.195. The molecule has 0 atom stereocenters. The SMILES string of the molecule is CCOc1ncccc1-c1nc2c(C(C)C)[nH]nc2c(N)c1C(C)C. The summed E-state index contributed by atoms with van der Waals surface area (Å²) in [4.78, 5) is 9.33. The van der Waals surface area contributed by atoms with Crippen LogP contribution in [0.2, 0.25) is 0 Å². The van der Waals surface area contributed by atoms with Crippen molar-refractivity contribution in [2.75, 3.05) is 12.3 Å². The number of nitrogens with zero attached hydrogens (tertiary/aromatic N) is 3. The third-order valence-corrected chi connectivity index (χ3v) is 4.25. The lowest BCUT2D eigenvalue weighted by Gasteiger charge is -2.17. The number of nitrogens with one attached hydrogen (secondary N) is 1. The third-order valence-electron chi connectivity index (χ3n) is 4.25. The number of nitrogens with two attached hydrogens (primary N) is 1. The Kier molecular flexibility index (Phi) is 4.61. The van der Waals surface area contributed by atoms with Crippen molar-refractivity contribution in [1.82, 2.24) is 20.2 Å². The number of aromatic amines is 1. The zero-order valence-corrected chi connectivity index (χ0v) is 15.4. The number of ether oxygens (including phenoxy) is 1. The second-order valence-corrected chi connectivity index (χ2v) is 6.72. The first-order valence-corrected chi connectivity index (χ1v) is 8.71. The lowest BCUT2D eigenvalue weighted by molar-refractivity contribution is 0.328. The van der Waals surface area contributed by atoms with Crippen LogP contribution in [-0.4, -0.2) is 26.8 Å². The van der Waals surface area contributed by atoms with Gasteiger partial charge in [-0.2, -0.15) is 5.10 Å². The Labute approximate surface area is 147 Å². The maximum Gasteiger partial charge on any atom is 0.222 e. The average Bonchev–Trinajstić information content (AvgIpc) is 2.99. The maximum atomic E-state index is 6.51. The van der Waals surface area contributed by atoms with Crippen molar-refractivity contribution in [2.45, 2.75) is 46.5 Å². The van der Waals surface area contributed by atoms with E-state index in [1.165, 1.54) is 0 Å². The highest BCUT2D eigenvalue weighted by molar-refractivity contribution is 5.94. The number of hydrogen-bond donors (Lipinski definition) is 2. The van der Waals surface area contributed by atoms with Crippen molar-refractivity contribution in [3.63, 3.8) is 0 Å². The Hall–Kier alpha value is -2.63. The van der Waals surface area contributed by atoms with Gasteiger partial charge in [0.2, 0.25) is 5.88 Å². The molecule has 6 nitrogen and oxygen atoms in total. The Morgan fingerprint density at radius 2 is 1.92 bits per heavy atom. The standard InChI is InChI=1S/C19H25N5O/c1-6-25-19-12(8-7-9-21-19)16-13(10(2)3)14(20)17-18(22-16)15(11(4)5)23-24-17/h7-11H,6H2,1-5H3,(H2,20,22)(H,23,24). The van der Waals surface area contributed by atoms with E-state index in [0.29, 0.717) is 18.2 Å². The van der Waals surface area contributed by atoms with E-state index in [1.54, 1.807) is 6.20 Å². The van der Waals surface area contributed by atoms with Gasteiger partial charge in [-0.3, -0.25) is 5.10 Å². The minimum Gasteiger partial charge on any atom is -0.477 e. The number of anilines is 1. The van der Waals surface area contributed by atoms with E-state index in [9.17, 15) is 0 Å². The summed E-state index contributed by atoms with van der Waals surface area (Å²) in [5.41, 5.74) is 12.4. The van der Waals surface area contributed by atoms with Gasteiger partial charge < -0.3 is 10.5 Å². The number of hydrogen-bond acceptors (Lipinski definition) is 5. The third kappa shape index (κ3) is 2.92. The first kappa shape index (κ1) is 17.2. The van der Waals surface area contributed by atoms with Crippen molar-refractivity contribution in [2.24, 2.45) is 0 Å². The van der Waals surface area contributed by atoms with Gasteiger partial charge in [-0.05, 0) is 30.9 Å². The van der Waals surface area contributed by atoms with Crippen LogP contribution < -0.4 is 10.5 Å². The van der Waals surface area contributed by atoms with Gasteiger partial charge in [0.05, 0.1) is 29.2 Å². The number of rotatable bonds is 5. The van der Waals surface area contributed by atoms with Gasteiger partial charge in [0.15, 0.2) is 0 Å². The normalized spacial score (nSPS) is 11.6. The van der Waals surface area contributed by atoms with E-state index < -0.39 is 0 Å². The van der Waals surface area contributed by atoms with Gasteiger partial charge in [0, 0.05) is 11.8 Å². The topological polar surface area (TPSA) is 89.7 Å². The van der Waals surface area contributed by atoms with Crippen molar-refractivity contribution in [3.05, 3.63) is 29.6 Å². The molecule has 3 aromatic rings. The highest BCUT2D eigenvalue weighted by Crippen LogP contribution is 2.40. The van der Waals surface area contributed by atoms with Gasteiger partial charge in [-0.1, -0.05) is 27.7 Å². The molecule has 0 aromatic carbocycles. The molecule has 3 N–H and O–H groups in total. The van der Waals surface area contributed by atoms with Gasteiger partial charge in [0.25, 0.3) is 0 Å². The van der Waals surface area contributed by atoms with Crippen LogP contribution >= 0.6 is 0 Å². The van der Waals surface area contributed by atoms with Crippen LogP contribution in [0.4, 0.5) is 5.69 Å². The monoisotopic (exact) mass is 339 g/mol. The molecule has 0 aliphatic carbocycles. The molecule has 0 fully saturated rings.